The van der Waals surface area contributed by atoms with Crippen LogP contribution in [0.1, 0.15) is 12.1 Å². The molecule has 1 aliphatic rings. The highest BCUT2D eigenvalue weighted by Crippen LogP contribution is 2.24. The van der Waals surface area contributed by atoms with Crippen LogP contribution in [0.4, 0.5) is 11.5 Å². The van der Waals surface area contributed by atoms with Crippen molar-refractivity contribution in [3.63, 3.8) is 0 Å². The van der Waals surface area contributed by atoms with Crippen LogP contribution in [-0.4, -0.2) is 29.6 Å². The van der Waals surface area contributed by atoms with E-state index in [0.29, 0.717) is 6.04 Å². The zero-order chi connectivity index (χ0) is 10.7. The number of hydrogen-bond acceptors (Lipinski definition) is 4. The zero-order valence-electron chi connectivity index (χ0n) is 9.21. The summed E-state index contributed by atoms with van der Waals surface area (Å²) < 4.78 is 0. The highest BCUT2D eigenvalue weighted by atomic mass is 32.2. The lowest BCUT2D eigenvalue weighted by molar-refractivity contribution is 0.713. The van der Waals surface area contributed by atoms with Crippen LogP contribution in [0.2, 0.25) is 0 Å². The van der Waals surface area contributed by atoms with Gasteiger partial charge in [0.1, 0.15) is 5.82 Å². The maximum Gasteiger partial charge on any atom is 0.149 e. The SMILES string of the molecule is CSCCC1CNc2ccc(C)nc2N1. The molecule has 2 heterocycles. The van der Waals surface area contributed by atoms with Gasteiger partial charge in [-0.25, -0.2) is 4.98 Å². The molecule has 0 saturated carbocycles. The summed E-state index contributed by atoms with van der Waals surface area (Å²) in [5, 5.41) is 6.90. The molecule has 0 fully saturated rings. The molecule has 0 amide bonds. The summed E-state index contributed by atoms with van der Waals surface area (Å²) in [7, 11) is 0. The molecule has 82 valence electrons. The highest BCUT2D eigenvalue weighted by molar-refractivity contribution is 7.98. The molecule has 1 unspecified atom stereocenters. The summed E-state index contributed by atoms with van der Waals surface area (Å²) in [5.41, 5.74) is 2.19. The van der Waals surface area contributed by atoms with Gasteiger partial charge in [0.2, 0.25) is 0 Å². The minimum atomic E-state index is 0.513. The van der Waals surface area contributed by atoms with E-state index >= 15 is 0 Å². The first kappa shape index (κ1) is 10.6. The van der Waals surface area contributed by atoms with Crippen molar-refractivity contribution in [3.8, 4) is 0 Å². The molecule has 0 saturated heterocycles. The Morgan fingerprint density at radius 3 is 3.20 bits per heavy atom. The lowest BCUT2D eigenvalue weighted by atomic mass is 10.1. The van der Waals surface area contributed by atoms with E-state index in [1.165, 1.54) is 12.2 Å². The van der Waals surface area contributed by atoms with Gasteiger partial charge in [0.15, 0.2) is 0 Å². The summed E-state index contributed by atoms with van der Waals surface area (Å²) in [6.45, 7) is 3.02. The lowest BCUT2D eigenvalue weighted by Crippen LogP contribution is -2.34. The molecule has 1 atom stereocenters. The van der Waals surface area contributed by atoms with Crippen LogP contribution in [0.3, 0.4) is 0 Å². The molecule has 4 heteroatoms. The number of hydrogen-bond donors (Lipinski definition) is 2. The van der Waals surface area contributed by atoms with Crippen molar-refractivity contribution >= 4 is 23.3 Å². The first-order chi connectivity index (χ1) is 7.29. The predicted octanol–water partition coefficient (Wildman–Crippen LogP) is 2.35. The molecule has 1 aromatic rings. The minimum Gasteiger partial charge on any atom is -0.380 e. The summed E-state index contributed by atoms with van der Waals surface area (Å²) in [5.74, 6) is 2.20. The van der Waals surface area contributed by atoms with E-state index in [1.54, 1.807) is 0 Å². The third-order valence-corrected chi connectivity index (χ3v) is 3.23. The summed E-state index contributed by atoms with van der Waals surface area (Å²) >= 11 is 1.89. The fourth-order valence-electron chi connectivity index (χ4n) is 1.72. The van der Waals surface area contributed by atoms with E-state index in [-0.39, 0.29) is 0 Å². The second-order valence-corrected chi connectivity index (χ2v) is 4.84. The maximum atomic E-state index is 4.49. The molecule has 1 aliphatic heterocycles. The number of thioether (sulfide) groups is 1. The van der Waals surface area contributed by atoms with Gasteiger partial charge in [-0.05, 0) is 37.5 Å². The molecule has 0 spiro atoms. The first-order valence-electron chi connectivity index (χ1n) is 5.26. The molecule has 1 aromatic heterocycles. The number of pyridine rings is 1. The van der Waals surface area contributed by atoms with Crippen LogP contribution in [0.25, 0.3) is 0 Å². The molecule has 3 nitrogen and oxygen atoms in total. The first-order valence-corrected chi connectivity index (χ1v) is 6.66. The van der Waals surface area contributed by atoms with Gasteiger partial charge in [0, 0.05) is 18.3 Å². The number of aromatic nitrogens is 1. The minimum absolute atomic E-state index is 0.513. The number of nitrogens with one attached hydrogen (secondary N) is 2. The second kappa shape index (κ2) is 4.75. The van der Waals surface area contributed by atoms with E-state index in [0.717, 1.165) is 23.7 Å². The Hall–Kier alpha value is -0.900. The normalized spacial score (nSPS) is 18.9. The Labute approximate surface area is 95.1 Å². The Kier molecular flexibility index (Phi) is 3.36. The molecule has 0 aliphatic carbocycles. The van der Waals surface area contributed by atoms with E-state index in [9.17, 15) is 0 Å². The summed E-state index contributed by atoms with van der Waals surface area (Å²) in [6, 6.07) is 4.64. The monoisotopic (exact) mass is 223 g/mol. The van der Waals surface area contributed by atoms with Gasteiger partial charge in [-0.3, -0.25) is 0 Å². The smallest absolute Gasteiger partial charge is 0.149 e. The number of fused-ring (bicyclic) bond motifs is 1. The van der Waals surface area contributed by atoms with Crippen molar-refractivity contribution in [1.29, 1.82) is 0 Å². The number of aryl methyl sites for hydroxylation is 1. The molecular formula is C11H17N3S. The number of nitrogens with zero attached hydrogens (tertiary/aromatic N) is 1. The Morgan fingerprint density at radius 1 is 1.53 bits per heavy atom. The Balaban J connectivity index is 2.05. The number of anilines is 2. The van der Waals surface area contributed by atoms with Gasteiger partial charge in [-0.1, -0.05) is 0 Å². The van der Waals surface area contributed by atoms with Crippen molar-refractivity contribution < 1.29 is 0 Å². The Bertz CT molecular complexity index is 341. The van der Waals surface area contributed by atoms with Gasteiger partial charge in [-0.2, -0.15) is 11.8 Å². The average molecular weight is 223 g/mol. The van der Waals surface area contributed by atoms with Crippen molar-refractivity contribution in [2.24, 2.45) is 0 Å². The van der Waals surface area contributed by atoms with Crippen LogP contribution in [-0.2, 0) is 0 Å². The van der Waals surface area contributed by atoms with Gasteiger partial charge in [0.25, 0.3) is 0 Å². The molecule has 2 N–H and O–H groups in total. The highest BCUT2D eigenvalue weighted by Gasteiger charge is 2.17. The van der Waals surface area contributed by atoms with Gasteiger partial charge < -0.3 is 10.6 Å². The molecule has 2 rings (SSSR count). The van der Waals surface area contributed by atoms with Crippen molar-refractivity contribution in [3.05, 3.63) is 17.8 Å². The van der Waals surface area contributed by atoms with E-state index in [2.05, 4.69) is 27.9 Å². The quantitative estimate of drug-likeness (QED) is 0.825. The van der Waals surface area contributed by atoms with Crippen LogP contribution in [0.15, 0.2) is 12.1 Å². The Morgan fingerprint density at radius 2 is 2.40 bits per heavy atom. The topological polar surface area (TPSA) is 37.0 Å². The molecule has 15 heavy (non-hydrogen) atoms. The third-order valence-electron chi connectivity index (χ3n) is 2.58. The van der Waals surface area contributed by atoms with Crippen molar-refractivity contribution in [2.75, 3.05) is 29.2 Å². The fraction of sp³-hybridized carbons (Fsp3) is 0.545. The molecule has 0 bridgehead atoms. The van der Waals surface area contributed by atoms with E-state index in [4.69, 9.17) is 0 Å². The largest absolute Gasteiger partial charge is 0.380 e. The molecule has 0 radical (unpaired) electrons. The average Bonchev–Trinajstić information content (AvgIpc) is 2.25. The van der Waals surface area contributed by atoms with Crippen LogP contribution < -0.4 is 10.6 Å². The van der Waals surface area contributed by atoms with E-state index in [1.807, 2.05) is 24.8 Å². The lowest BCUT2D eigenvalue weighted by Gasteiger charge is -2.27. The van der Waals surface area contributed by atoms with Crippen molar-refractivity contribution in [1.82, 2.24) is 4.98 Å². The van der Waals surface area contributed by atoms with Crippen LogP contribution in [0, 0.1) is 6.92 Å². The summed E-state index contributed by atoms with van der Waals surface area (Å²) in [4.78, 5) is 4.49. The zero-order valence-corrected chi connectivity index (χ0v) is 10.0. The van der Waals surface area contributed by atoms with Gasteiger partial charge >= 0.3 is 0 Å². The van der Waals surface area contributed by atoms with E-state index < -0.39 is 0 Å². The molecular weight excluding hydrogens is 206 g/mol. The summed E-state index contributed by atoms with van der Waals surface area (Å²) in [6.07, 6.45) is 3.33. The predicted molar refractivity (Wildman–Crippen MR) is 67.9 cm³/mol. The standard InChI is InChI=1S/C11H17N3S/c1-8-3-4-10-11(13-8)14-9(7-12-10)5-6-15-2/h3-4,9,12H,5-7H2,1-2H3,(H,13,14). The van der Waals surface area contributed by atoms with Gasteiger partial charge in [-0.15, -0.1) is 0 Å². The molecule has 0 aromatic carbocycles. The van der Waals surface area contributed by atoms with Gasteiger partial charge in [0.05, 0.1) is 5.69 Å². The second-order valence-electron chi connectivity index (χ2n) is 3.85. The van der Waals surface area contributed by atoms with Crippen molar-refractivity contribution in [2.45, 2.75) is 19.4 Å². The van der Waals surface area contributed by atoms with Crippen LogP contribution in [0.5, 0.6) is 0 Å². The fourth-order valence-corrected chi connectivity index (χ4v) is 2.24. The maximum absolute atomic E-state index is 4.49. The number of rotatable bonds is 3. The van der Waals surface area contributed by atoms with Crippen LogP contribution >= 0.6 is 11.8 Å². The third kappa shape index (κ3) is 2.56.